The molecule has 1 unspecified atom stereocenters. The van der Waals surface area contributed by atoms with Crippen molar-refractivity contribution in [2.45, 2.75) is 38.5 Å². The van der Waals surface area contributed by atoms with Gasteiger partial charge in [0.2, 0.25) is 0 Å². The Morgan fingerprint density at radius 1 is 1.21 bits per heavy atom. The van der Waals surface area contributed by atoms with Gasteiger partial charge < -0.3 is 24.4 Å². The van der Waals surface area contributed by atoms with E-state index in [1.807, 2.05) is 0 Å². The van der Waals surface area contributed by atoms with Gasteiger partial charge in [-0.1, -0.05) is 12.1 Å². The molecule has 0 aromatic heterocycles. The molecule has 0 saturated carbocycles. The van der Waals surface area contributed by atoms with Crippen molar-refractivity contribution in [1.82, 2.24) is 10.2 Å². The number of benzene rings is 1. The molecule has 2 fully saturated rings. The summed E-state index contributed by atoms with van der Waals surface area (Å²) in [5.41, 5.74) is 1.38. The van der Waals surface area contributed by atoms with Crippen LogP contribution in [-0.4, -0.2) is 70.6 Å². The molecular formula is C23H37N3O3. The lowest BCUT2D eigenvalue weighted by atomic mass is 9.98. The molecular weight excluding hydrogens is 366 g/mol. The molecule has 1 atom stereocenters. The third-order valence-corrected chi connectivity index (χ3v) is 5.81. The number of hydrogen-bond acceptors (Lipinski definition) is 4. The average Bonchev–Trinajstić information content (AvgIpc) is 3.26. The van der Waals surface area contributed by atoms with Crippen LogP contribution in [0.5, 0.6) is 5.75 Å². The Morgan fingerprint density at radius 2 is 2.00 bits per heavy atom. The maximum atomic E-state index is 5.87. The monoisotopic (exact) mass is 403 g/mol. The van der Waals surface area contributed by atoms with E-state index in [4.69, 9.17) is 19.2 Å². The quantitative estimate of drug-likeness (QED) is 0.390. The van der Waals surface area contributed by atoms with Crippen LogP contribution < -0.4 is 10.1 Å². The van der Waals surface area contributed by atoms with Crippen LogP contribution in [0, 0.1) is 5.92 Å². The fourth-order valence-electron chi connectivity index (χ4n) is 4.04. The highest BCUT2D eigenvalue weighted by atomic mass is 16.5. The van der Waals surface area contributed by atoms with Gasteiger partial charge in [0, 0.05) is 58.5 Å². The minimum absolute atomic E-state index is 0.549. The summed E-state index contributed by atoms with van der Waals surface area (Å²) in [5.74, 6) is 3.17. The van der Waals surface area contributed by atoms with Crippen LogP contribution in [0.15, 0.2) is 29.3 Å². The van der Waals surface area contributed by atoms with E-state index in [1.54, 1.807) is 7.11 Å². The van der Waals surface area contributed by atoms with E-state index in [0.29, 0.717) is 11.8 Å². The second kappa shape index (κ2) is 12.0. The number of guanidine groups is 1. The lowest BCUT2D eigenvalue weighted by Gasteiger charge is -2.22. The third kappa shape index (κ3) is 6.89. The van der Waals surface area contributed by atoms with E-state index in [0.717, 1.165) is 90.0 Å². The summed E-state index contributed by atoms with van der Waals surface area (Å²) in [6.45, 7) is 9.31. The van der Waals surface area contributed by atoms with Crippen molar-refractivity contribution in [3.8, 4) is 5.75 Å². The number of aliphatic imine (C=N–C) groups is 1. The lowest BCUT2D eigenvalue weighted by Crippen LogP contribution is -2.40. The maximum Gasteiger partial charge on any atom is 0.193 e. The zero-order chi connectivity index (χ0) is 20.3. The Balaban J connectivity index is 1.41. The number of nitrogens with one attached hydrogen (secondary N) is 1. The smallest absolute Gasteiger partial charge is 0.193 e. The molecule has 0 radical (unpaired) electrons. The highest BCUT2D eigenvalue weighted by molar-refractivity contribution is 5.80. The van der Waals surface area contributed by atoms with Gasteiger partial charge in [0.05, 0.1) is 7.11 Å². The number of methoxy groups -OCH3 is 1. The molecule has 2 heterocycles. The standard InChI is InChI=1S/C23H37N3O3/c1-3-24-23(25-12-4-14-29-18-19-10-15-28-16-11-19)26-13-9-21(17-26)20-5-7-22(27-2)8-6-20/h5-8,19,21H,3-4,9-18H2,1-2H3,(H,24,25). The summed E-state index contributed by atoms with van der Waals surface area (Å²) in [6, 6.07) is 8.48. The molecule has 0 spiro atoms. The predicted octanol–water partition coefficient (Wildman–Crippen LogP) is 3.28. The molecule has 0 aliphatic carbocycles. The molecule has 2 aliphatic rings. The van der Waals surface area contributed by atoms with Gasteiger partial charge in [-0.05, 0) is 56.2 Å². The summed E-state index contributed by atoms with van der Waals surface area (Å²) in [4.78, 5) is 7.24. The minimum atomic E-state index is 0.549. The van der Waals surface area contributed by atoms with Crippen LogP contribution in [0.2, 0.25) is 0 Å². The second-order valence-electron chi connectivity index (χ2n) is 7.92. The summed E-state index contributed by atoms with van der Waals surface area (Å²) >= 11 is 0. The Bertz CT molecular complexity index is 614. The first-order chi connectivity index (χ1) is 14.3. The molecule has 29 heavy (non-hydrogen) atoms. The van der Waals surface area contributed by atoms with E-state index in [2.05, 4.69) is 41.4 Å². The van der Waals surface area contributed by atoms with Gasteiger partial charge in [-0.15, -0.1) is 0 Å². The number of rotatable bonds is 9. The molecule has 1 N–H and O–H groups in total. The summed E-state index contributed by atoms with van der Waals surface area (Å²) in [5, 5.41) is 3.46. The minimum Gasteiger partial charge on any atom is -0.497 e. The number of hydrogen-bond donors (Lipinski definition) is 1. The Kier molecular flexibility index (Phi) is 9.09. The Labute approximate surface area is 175 Å². The van der Waals surface area contributed by atoms with Crippen molar-refractivity contribution in [1.29, 1.82) is 0 Å². The molecule has 0 amide bonds. The number of nitrogens with zero attached hydrogens (tertiary/aromatic N) is 2. The predicted molar refractivity (Wildman–Crippen MR) is 117 cm³/mol. The van der Waals surface area contributed by atoms with E-state index >= 15 is 0 Å². The van der Waals surface area contributed by atoms with Crippen molar-refractivity contribution in [3.05, 3.63) is 29.8 Å². The largest absolute Gasteiger partial charge is 0.497 e. The molecule has 6 nitrogen and oxygen atoms in total. The Morgan fingerprint density at radius 3 is 2.72 bits per heavy atom. The molecule has 162 valence electrons. The molecule has 3 rings (SSSR count). The van der Waals surface area contributed by atoms with Crippen LogP contribution in [0.3, 0.4) is 0 Å². The van der Waals surface area contributed by atoms with Gasteiger partial charge in [-0.3, -0.25) is 4.99 Å². The van der Waals surface area contributed by atoms with E-state index < -0.39 is 0 Å². The van der Waals surface area contributed by atoms with Crippen molar-refractivity contribution >= 4 is 5.96 Å². The molecule has 0 bridgehead atoms. The zero-order valence-corrected chi connectivity index (χ0v) is 18.1. The molecule has 6 heteroatoms. The summed E-state index contributed by atoms with van der Waals surface area (Å²) in [7, 11) is 1.71. The van der Waals surface area contributed by atoms with Crippen LogP contribution in [0.1, 0.15) is 44.1 Å². The van der Waals surface area contributed by atoms with E-state index in [-0.39, 0.29) is 0 Å². The first-order valence-electron chi connectivity index (χ1n) is 11.1. The fourth-order valence-corrected chi connectivity index (χ4v) is 4.04. The SMILES string of the molecule is CCNC(=NCCCOCC1CCOCC1)N1CCC(c2ccc(OC)cc2)C1. The van der Waals surface area contributed by atoms with Crippen LogP contribution in [0.4, 0.5) is 0 Å². The van der Waals surface area contributed by atoms with Gasteiger partial charge in [0.15, 0.2) is 5.96 Å². The first-order valence-corrected chi connectivity index (χ1v) is 11.1. The Hall–Kier alpha value is -1.79. The van der Waals surface area contributed by atoms with Gasteiger partial charge >= 0.3 is 0 Å². The highest BCUT2D eigenvalue weighted by Gasteiger charge is 2.26. The van der Waals surface area contributed by atoms with Crippen molar-refractivity contribution < 1.29 is 14.2 Å². The van der Waals surface area contributed by atoms with E-state index in [1.165, 1.54) is 5.56 Å². The van der Waals surface area contributed by atoms with Gasteiger partial charge in [-0.25, -0.2) is 0 Å². The van der Waals surface area contributed by atoms with Crippen molar-refractivity contribution in [3.63, 3.8) is 0 Å². The normalized spacial score (nSPS) is 20.8. The van der Waals surface area contributed by atoms with Crippen molar-refractivity contribution in [2.75, 3.05) is 59.7 Å². The lowest BCUT2D eigenvalue weighted by molar-refractivity contribution is 0.0205. The average molecular weight is 404 g/mol. The van der Waals surface area contributed by atoms with Gasteiger partial charge in [0.1, 0.15) is 5.75 Å². The topological polar surface area (TPSA) is 55.3 Å². The summed E-state index contributed by atoms with van der Waals surface area (Å²) < 4.78 is 16.5. The van der Waals surface area contributed by atoms with Crippen LogP contribution >= 0.6 is 0 Å². The highest BCUT2D eigenvalue weighted by Crippen LogP contribution is 2.28. The first kappa shape index (κ1) is 21.9. The van der Waals surface area contributed by atoms with Gasteiger partial charge in [-0.2, -0.15) is 0 Å². The van der Waals surface area contributed by atoms with E-state index in [9.17, 15) is 0 Å². The zero-order valence-electron chi connectivity index (χ0n) is 18.1. The molecule has 2 aliphatic heterocycles. The fraction of sp³-hybridized carbons (Fsp3) is 0.696. The van der Waals surface area contributed by atoms with Crippen LogP contribution in [-0.2, 0) is 9.47 Å². The summed E-state index contributed by atoms with van der Waals surface area (Å²) in [6.07, 6.45) is 4.39. The molecule has 1 aromatic rings. The maximum absolute atomic E-state index is 5.87. The molecule has 2 saturated heterocycles. The van der Waals surface area contributed by atoms with Gasteiger partial charge in [0.25, 0.3) is 0 Å². The number of ether oxygens (including phenoxy) is 3. The second-order valence-corrected chi connectivity index (χ2v) is 7.92. The van der Waals surface area contributed by atoms with Crippen molar-refractivity contribution in [2.24, 2.45) is 10.9 Å². The molecule has 1 aromatic carbocycles. The number of likely N-dealkylation sites (tertiary alicyclic amines) is 1. The van der Waals surface area contributed by atoms with Crippen LogP contribution in [0.25, 0.3) is 0 Å². The third-order valence-electron chi connectivity index (χ3n) is 5.81.